The Morgan fingerprint density at radius 3 is 1.32 bits per heavy atom. The largest absolute Gasteiger partial charge is 0.228 e. The summed E-state index contributed by atoms with van der Waals surface area (Å²) in [6.45, 7) is 7.94. The molecule has 0 saturated carbocycles. The SMILES string of the molecule is Cc1cc(C)nc(SCSc2nc(C)cc(C)n2)n1. The first-order valence-electron chi connectivity index (χ1n) is 5.93. The van der Waals surface area contributed by atoms with E-state index in [4.69, 9.17) is 0 Å². The van der Waals surface area contributed by atoms with Crippen LogP contribution >= 0.6 is 23.5 Å². The van der Waals surface area contributed by atoms with Crippen LogP contribution < -0.4 is 0 Å². The summed E-state index contributed by atoms with van der Waals surface area (Å²) in [5, 5.41) is 2.44. The Labute approximate surface area is 121 Å². The lowest BCUT2D eigenvalue weighted by Crippen LogP contribution is -1.94. The quantitative estimate of drug-likeness (QED) is 0.489. The number of hydrogen-bond acceptors (Lipinski definition) is 6. The van der Waals surface area contributed by atoms with Gasteiger partial charge in [0.25, 0.3) is 0 Å². The molecule has 0 aliphatic carbocycles. The second-order valence-corrected chi connectivity index (χ2v) is 6.52. The van der Waals surface area contributed by atoms with E-state index in [1.807, 2.05) is 39.8 Å². The monoisotopic (exact) mass is 292 g/mol. The number of aryl methyl sites for hydroxylation is 4. The number of thioether (sulfide) groups is 2. The lowest BCUT2D eigenvalue weighted by atomic mass is 10.4. The van der Waals surface area contributed by atoms with Crippen LogP contribution in [0.2, 0.25) is 0 Å². The van der Waals surface area contributed by atoms with Crippen molar-refractivity contribution in [3.63, 3.8) is 0 Å². The van der Waals surface area contributed by atoms with E-state index in [0.717, 1.165) is 38.2 Å². The van der Waals surface area contributed by atoms with E-state index in [1.54, 1.807) is 23.5 Å². The van der Waals surface area contributed by atoms with Crippen LogP contribution in [0.3, 0.4) is 0 Å². The highest BCUT2D eigenvalue weighted by Crippen LogP contribution is 2.24. The van der Waals surface area contributed by atoms with Crippen LogP contribution in [0.5, 0.6) is 0 Å². The van der Waals surface area contributed by atoms with Gasteiger partial charge in [0, 0.05) is 22.8 Å². The van der Waals surface area contributed by atoms with Gasteiger partial charge in [-0.2, -0.15) is 0 Å². The van der Waals surface area contributed by atoms with Crippen molar-refractivity contribution in [2.75, 3.05) is 5.08 Å². The topological polar surface area (TPSA) is 51.6 Å². The van der Waals surface area contributed by atoms with Gasteiger partial charge in [-0.05, 0) is 39.8 Å². The molecular weight excluding hydrogens is 276 g/mol. The fraction of sp³-hybridized carbons (Fsp3) is 0.385. The molecule has 0 N–H and O–H groups in total. The van der Waals surface area contributed by atoms with E-state index < -0.39 is 0 Å². The third-order valence-corrected chi connectivity index (χ3v) is 4.12. The Kier molecular flexibility index (Phi) is 4.76. The zero-order valence-electron chi connectivity index (χ0n) is 11.5. The standard InChI is InChI=1S/C13H16N4S2/c1-8-5-9(2)15-12(14-8)18-7-19-13-16-10(3)6-11(4)17-13/h5-6H,7H2,1-4H3. The van der Waals surface area contributed by atoms with Crippen LogP contribution in [0, 0.1) is 27.7 Å². The van der Waals surface area contributed by atoms with Crippen LogP contribution in [0.25, 0.3) is 0 Å². The molecule has 0 amide bonds. The van der Waals surface area contributed by atoms with Crippen molar-refractivity contribution in [1.29, 1.82) is 0 Å². The molecule has 0 atom stereocenters. The Bertz CT molecular complexity index is 495. The maximum Gasteiger partial charge on any atom is 0.188 e. The van der Waals surface area contributed by atoms with Crippen molar-refractivity contribution < 1.29 is 0 Å². The second-order valence-electron chi connectivity index (χ2n) is 4.27. The Morgan fingerprint density at radius 1 is 0.684 bits per heavy atom. The van der Waals surface area contributed by atoms with Crippen LogP contribution in [-0.4, -0.2) is 25.0 Å². The zero-order chi connectivity index (χ0) is 13.8. The summed E-state index contributed by atoms with van der Waals surface area (Å²) < 4.78 is 0. The molecule has 100 valence electrons. The predicted molar refractivity (Wildman–Crippen MR) is 79.6 cm³/mol. The summed E-state index contributed by atoms with van der Waals surface area (Å²) in [6, 6.07) is 3.95. The number of hydrogen-bond donors (Lipinski definition) is 0. The van der Waals surface area contributed by atoms with Gasteiger partial charge in [-0.3, -0.25) is 0 Å². The van der Waals surface area contributed by atoms with Crippen molar-refractivity contribution in [3.05, 3.63) is 34.9 Å². The molecular formula is C13H16N4S2. The first-order valence-corrected chi connectivity index (χ1v) is 7.90. The molecule has 0 aliphatic heterocycles. The predicted octanol–water partition coefficient (Wildman–Crippen LogP) is 3.34. The highest BCUT2D eigenvalue weighted by Gasteiger charge is 2.04. The van der Waals surface area contributed by atoms with Gasteiger partial charge in [0.15, 0.2) is 10.3 Å². The van der Waals surface area contributed by atoms with Gasteiger partial charge in [0.2, 0.25) is 0 Å². The van der Waals surface area contributed by atoms with Crippen LogP contribution in [0.15, 0.2) is 22.4 Å². The third-order valence-electron chi connectivity index (χ3n) is 2.30. The van der Waals surface area contributed by atoms with Gasteiger partial charge < -0.3 is 0 Å². The van der Waals surface area contributed by atoms with E-state index in [9.17, 15) is 0 Å². The fourth-order valence-corrected chi connectivity index (χ4v) is 3.56. The molecule has 4 nitrogen and oxygen atoms in total. The van der Waals surface area contributed by atoms with Gasteiger partial charge in [-0.15, -0.1) is 0 Å². The van der Waals surface area contributed by atoms with Crippen molar-refractivity contribution in [2.45, 2.75) is 38.0 Å². The second kappa shape index (κ2) is 6.34. The van der Waals surface area contributed by atoms with Gasteiger partial charge in [-0.25, -0.2) is 19.9 Å². The summed E-state index contributed by atoms with van der Waals surface area (Å²) >= 11 is 3.23. The van der Waals surface area contributed by atoms with Crippen molar-refractivity contribution >= 4 is 23.5 Å². The molecule has 0 aliphatic rings. The van der Waals surface area contributed by atoms with Crippen molar-refractivity contribution in [3.8, 4) is 0 Å². The van der Waals surface area contributed by atoms with Crippen LogP contribution in [0.4, 0.5) is 0 Å². The molecule has 0 bridgehead atoms. The van der Waals surface area contributed by atoms with Crippen LogP contribution in [0.1, 0.15) is 22.8 Å². The summed E-state index contributed by atoms with van der Waals surface area (Å²) in [4.78, 5) is 17.6. The minimum Gasteiger partial charge on any atom is -0.228 e. The van der Waals surface area contributed by atoms with Crippen molar-refractivity contribution in [2.24, 2.45) is 0 Å². The number of aromatic nitrogens is 4. The first-order chi connectivity index (χ1) is 9.02. The smallest absolute Gasteiger partial charge is 0.188 e. The number of nitrogens with zero attached hydrogens (tertiary/aromatic N) is 4. The summed E-state index contributed by atoms with van der Waals surface area (Å²) in [5.74, 6) is 0. The summed E-state index contributed by atoms with van der Waals surface area (Å²) in [7, 11) is 0. The van der Waals surface area contributed by atoms with E-state index in [-0.39, 0.29) is 0 Å². The summed E-state index contributed by atoms with van der Waals surface area (Å²) in [6.07, 6.45) is 0. The molecule has 0 spiro atoms. The van der Waals surface area contributed by atoms with Gasteiger partial charge >= 0.3 is 0 Å². The molecule has 6 heteroatoms. The van der Waals surface area contributed by atoms with E-state index in [0.29, 0.717) is 0 Å². The van der Waals surface area contributed by atoms with Crippen LogP contribution in [-0.2, 0) is 0 Å². The molecule has 2 heterocycles. The fourth-order valence-electron chi connectivity index (χ4n) is 1.65. The average Bonchev–Trinajstić information content (AvgIpc) is 2.26. The van der Waals surface area contributed by atoms with Crippen molar-refractivity contribution in [1.82, 2.24) is 19.9 Å². The van der Waals surface area contributed by atoms with E-state index in [2.05, 4.69) is 19.9 Å². The molecule has 0 unspecified atom stereocenters. The Morgan fingerprint density at radius 2 is 1.00 bits per heavy atom. The maximum atomic E-state index is 4.40. The average molecular weight is 292 g/mol. The molecule has 0 radical (unpaired) electrons. The van der Waals surface area contributed by atoms with Gasteiger partial charge in [-0.1, -0.05) is 23.5 Å². The van der Waals surface area contributed by atoms with Gasteiger partial charge in [0.1, 0.15) is 0 Å². The number of rotatable bonds is 4. The molecule has 2 aromatic heterocycles. The van der Waals surface area contributed by atoms with E-state index in [1.165, 1.54) is 0 Å². The minimum absolute atomic E-state index is 0.811. The molecule has 2 rings (SSSR count). The van der Waals surface area contributed by atoms with Gasteiger partial charge in [0.05, 0.1) is 5.08 Å². The molecule has 0 saturated heterocycles. The molecule has 0 fully saturated rings. The third kappa shape index (κ3) is 4.47. The highest BCUT2D eigenvalue weighted by molar-refractivity contribution is 8.15. The molecule has 0 aromatic carbocycles. The lowest BCUT2D eigenvalue weighted by Gasteiger charge is -2.03. The molecule has 2 aromatic rings. The molecule has 19 heavy (non-hydrogen) atoms. The zero-order valence-corrected chi connectivity index (χ0v) is 13.1. The summed E-state index contributed by atoms with van der Waals surface area (Å²) in [5.41, 5.74) is 4.01. The maximum absolute atomic E-state index is 4.40. The highest BCUT2D eigenvalue weighted by atomic mass is 32.2. The minimum atomic E-state index is 0.811. The van der Waals surface area contributed by atoms with E-state index >= 15 is 0 Å². The Balaban J connectivity index is 1.96. The Hall–Kier alpha value is -1.14. The first kappa shape index (κ1) is 14.3. The normalized spacial score (nSPS) is 10.7. The lowest BCUT2D eigenvalue weighted by molar-refractivity contribution is 0.901.